The Kier molecular flexibility index (Phi) is 5.06. The van der Waals surface area contributed by atoms with Crippen LogP contribution in [0.5, 0.6) is 5.75 Å². The molecule has 2 nitrogen and oxygen atoms in total. The lowest BCUT2D eigenvalue weighted by molar-refractivity contribution is 0.339. The van der Waals surface area contributed by atoms with E-state index in [9.17, 15) is 0 Å². The molecule has 0 saturated heterocycles. The SMILES string of the molecule is C=C(C)C(NCC)c1cccc(OCC)c1. The second-order valence-corrected chi connectivity index (χ2v) is 3.84. The highest BCUT2D eigenvalue weighted by Crippen LogP contribution is 2.23. The lowest BCUT2D eigenvalue weighted by Crippen LogP contribution is -2.21. The highest BCUT2D eigenvalue weighted by Gasteiger charge is 2.11. The van der Waals surface area contributed by atoms with Gasteiger partial charge < -0.3 is 10.1 Å². The standard InChI is InChI=1S/C14H21NO/c1-5-15-14(11(3)4)12-8-7-9-13(10-12)16-6-2/h7-10,14-15H,3,5-6H2,1-2,4H3. The van der Waals surface area contributed by atoms with Crippen LogP contribution in [0.1, 0.15) is 32.4 Å². The average Bonchev–Trinajstić information content (AvgIpc) is 2.26. The maximum Gasteiger partial charge on any atom is 0.119 e. The maximum atomic E-state index is 5.50. The Morgan fingerprint density at radius 2 is 2.19 bits per heavy atom. The monoisotopic (exact) mass is 219 g/mol. The van der Waals surface area contributed by atoms with Gasteiger partial charge in [0.1, 0.15) is 5.75 Å². The fraction of sp³-hybridized carbons (Fsp3) is 0.429. The van der Waals surface area contributed by atoms with Crippen LogP contribution in [0.25, 0.3) is 0 Å². The molecule has 0 radical (unpaired) electrons. The third kappa shape index (κ3) is 3.38. The molecule has 1 atom stereocenters. The minimum atomic E-state index is 0.213. The first-order valence-electron chi connectivity index (χ1n) is 5.80. The lowest BCUT2D eigenvalue weighted by Gasteiger charge is -2.19. The first kappa shape index (κ1) is 12.8. The molecule has 1 N–H and O–H groups in total. The van der Waals surface area contributed by atoms with E-state index in [1.54, 1.807) is 0 Å². The maximum absolute atomic E-state index is 5.50. The van der Waals surface area contributed by atoms with Gasteiger partial charge in [0.25, 0.3) is 0 Å². The topological polar surface area (TPSA) is 21.3 Å². The average molecular weight is 219 g/mol. The molecule has 0 spiro atoms. The third-order valence-electron chi connectivity index (χ3n) is 2.40. The highest BCUT2D eigenvalue weighted by molar-refractivity contribution is 5.34. The Bertz CT molecular complexity index is 346. The van der Waals surface area contributed by atoms with Crippen molar-refractivity contribution in [2.75, 3.05) is 13.2 Å². The van der Waals surface area contributed by atoms with Crippen molar-refractivity contribution in [1.29, 1.82) is 0 Å². The zero-order valence-electron chi connectivity index (χ0n) is 10.4. The van der Waals surface area contributed by atoms with Gasteiger partial charge in [-0.3, -0.25) is 0 Å². The predicted octanol–water partition coefficient (Wildman–Crippen LogP) is 3.31. The summed E-state index contributed by atoms with van der Waals surface area (Å²) in [4.78, 5) is 0. The van der Waals surface area contributed by atoms with Gasteiger partial charge in [-0.05, 0) is 38.1 Å². The summed E-state index contributed by atoms with van der Waals surface area (Å²) in [5, 5.41) is 3.41. The van der Waals surface area contributed by atoms with Crippen LogP contribution in [-0.2, 0) is 0 Å². The van der Waals surface area contributed by atoms with E-state index in [1.807, 2.05) is 26.0 Å². The number of nitrogens with one attached hydrogen (secondary N) is 1. The number of likely N-dealkylation sites (N-methyl/N-ethyl adjacent to an activating group) is 1. The van der Waals surface area contributed by atoms with Gasteiger partial charge in [0.15, 0.2) is 0 Å². The first-order valence-corrected chi connectivity index (χ1v) is 5.80. The van der Waals surface area contributed by atoms with E-state index in [4.69, 9.17) is 4.74 Å². The van der Waals surface area contributed by atoms with E-state index < -0.39 is 0 Å². The van der Waals surface area contributed by atoms with Crippen LogP contribution in [0.15, 0.2) is 36.4 Å². The van der Waals surface area contributed by atoms with Crippen molar-refractivity contribution in [1.82, 2.24) is 5.32 Å². The van der Waals surface area contributed by atoms with Gasteiger partial charge in [-0.2, -0.15) is 0 Å². The zero-order valence-corrected chi connectivity index (χ0v) is 10.4. The van der Waals surface area contributed by atoms with Crippen LogP contribution in [-0.4, -0.2) is 13.2 Å². The van der Waals surface area contributed by atoms with Crippen LogP contribution < -0.4 is 10.1 Å². The molecule has 88 valence electrons. The number of ether oxygens (including phenoxy) is 1. The summed E-state index contributed by atoms with van der Waals surface area (Å²) in [5.74, 6) is 0.921. The molecule has 0 amide bonds. The van der Waals surface area contributed by atoms with E-state index in [1.165, 1.54) is 5.56 Å². The minimum absolute atomic E-state index is 0.213. The molecule has 0 saturated carbocycles. The number of rotatable bonds is 6. The van der Waals surface area contributed by atoms with Crippen LogP contribution in [0.3, 0.4) is 0 Å². The van der Waals surface area contributed by atoms with Crippen molar-refractivity contribution in [3.8, 4) is 5.75 Å². The molecule has 16 heavy (non-hydrogen) atoms. The van der Waals surface area contributed by atoms with Crippen LogP contribution >= 0.6 is 0 Å². The summed E-state index contributed by atoms with van der Waals surface area (Å²) < 4.78 is 5.50. The first-order chi connectivity index (χ1) is 7.69. The van der Waals surface area contributed by atoms with E-state index in [2.05, 4.69) is 31.0 Å². The Balaban J connectivity index is 2.90. The number of hydrogen-bond donors (Lipinski definition) is 1. The summed E-state index contributed by atoms with van der Waals surface area (Å²) in [6, 6.07) is 8.39. The largest absolute Gasteiger partial charge is 0.494 e. The Hall–Kier alpha value is -1.28. The molecule has 0 aromatic heterocycles. The molecule has 0 fully saturated rings. The van der Waals surface area contributed by atoms with Crippen molar-refractivity contribution in [3.63, 3.8) is 0 Å². The summed E-state index contributed by atoms with van der Waals surface area (Å²) >= 11 is 0. The van der Waals surface area contributed by atoms with Crippen molar-refractivity contribution in [2.24, 2.45) is 0 Å². The van der Waals surface area contributed by atoms with Crippen LogP contribution in [0, 0.1) is 0 Å². The number of benzene rings is 1. The highest BCUT2D eigenvalue weighted by atomic mass is 16.5. The van der Waals surface area contributed by atoms with Gasteiger partial charge in [-0.1, -0.05) is 31.2 Å². The molecule has 0 aliphatic rings. The molecular weight excluding hydrogens is 198 g/mol. The van der Waals surface area contributed by atoms with Crippen molar-refractivity contribution < 1.29 is 4.74 Å². The predicted molar refractivity (Wildman–Crippen MR) is 68.8 cm³/mol. The normalized spacial score (nSPS) is 12.2. The van der Waals surface area contributed by atoms with Gasteiger partial charge in [0.2, 0.25) is 0 Å². The van der Waals surface area contributed by atoms with E-state index in [0.29, 0.717) is 6.61 Å². The number of hydrogen-bond acceptors (Lipinski definition) is 2. The van der Waals surface area contributed by atoms with Gasteiger partial charge in [0, 0.05) is 0 Å². The summed E-state index contributed by atoms with van der Waals surface area (Å²) in [6.07, 6.45) is 0. The fourth-order valence-electron chi connectivity index (χ4n) is 1.73. The van der Waals surface area contributed by atoms with Crippen molar-refractivity contribution in [3.05, 3.63) is 42.0 Å². The molecule has 0 aliphatic carbocycles. The molecule has 1 aromatic carbocycles. The summed E-state index contributed by atoms with van der Waals surface area (Å²) in [6.45, 7) is 11.8. The van der Waals surface area contributed by atoms with Gasteiger partial charge >= 0.3 is 0 Å². The molecule has 0 bridgehead atoms. The molecular formula is C14H21NO. The molecule has 1 unspecified atom stereocenters. The second kappa shape index (κ2) is 6.33. The summed E-state index contributed by atoms with van der Waals surface area (Å²) in [7, 11) is 0. The van der Waals surface area contributed by atoms with Gasteiger partial charge in [0.05, 0.1) is 12.6 Å². The second-order valence-electron chi connectivity index (χ2n) is 3.84. The fourth-order valence-corrected chi connectivity index (χ4v) is 1.73. The van der Waals surface area contributed by atoms with E-state index in [-0.39, 0.29) is 6.04 Å². The lowest BCUT2D eigenvalue weighted by atomic mass is 10.0. The van der Waals surface area contributed by atoms with Crippen LogP contribution in [0.4, 0.5) is 0 Å². The Morgan fingerprint density at radius 3 is 2.75 bits per heavy atom. The van der Waals surface area contributed by atoms with Crippen molar-refractivity contribution in [2.45, 2.75) is 26.8 Å². The summed E-state index contributed by atoms with van der Waals surface area (Å²) in [5.41, 5.74) is 2.33. The van der Waals surface area contributed by atoms with Crippen molar-refractivity contribution >= 4 is 0 Å². The Morgan fingerprint density at radius 1 is 1.44 bits per heavy atom. The van der Waals surface area contributed by atoms with E-state index >= 15 is 0 Å². The molecule has 1 aromatic rings. The molecule has 0 aliphatic heterocycles. The smallest absolute Gasteiger partial charge is 0.119 e. The van der Waals surface area contributed by atoms with Gasteiger partial charge in [-0.25, -0.2) is 0 Å². The van der Waals surface area contributed by atoms with E-state index in [0.717, 1.165) is 17.9 Å². The quantitative estimate of drug-likeness (QED) is 0.741. The molecule has 0 heterocycles. The third-order valence-corrected chi connectivity index (χ3v) is 2.40. The molecule has 1 rings (SSSR count). The van der Waals surface area contributed by atoms with Gasteiger partial charge in [-0.15, -0.1) is 0 Å². The molecule has 2 heteroatoms. The van der Waals surface area contributed by atoms with Crippen LogP contribution in [0.2, 0.25) is 0 Å². The minimum Gasteiger partial charge on any atom is -0.494 e. The zero-order chi connectivity index (χ0) is 12.0. The Labute approximate surface area is 98.3 Å².